The highest BCUT2D eigenvalue weighted by Crippen LogP contribution is 2.28. The molecule has 0 bridgehead atoms. The van der Waals surface area contributed by atoms with Crippen molar-refractivity contribution in [3.05, 3.63) is 35.6 Å². The number of rotatable bonds is 6. The standard InChI is InChI=1S/C15H18F3NO2/c1-3-19-8-12-11-6-4-5-7-13(11)21-14(12)9-20-10(2)15(16,17)18/h4-7,10,19H,3,8-9H2,1-2H3. The van der Waals surface area contributed by atoms with Gasteiger partial charge >= 0.3 is 6.18 Å². The molecule has 0 aliphatic heterocycles. The number of fused-ring (bicyclic) bond motifs is 1. The normalized spacial score (nSPS) is 13.8. The fourth-order valence-electron chi connectivity index (χ4n) is 2.01. The van der Waals surface area contributed by atoms with Crippen molar-refractivity contribution < 1.29 is 22.3 Å². The van der Waals surface area contributed by atoms with Gasteiger partial charge in [-0.25, -0.2) is 0 Å². The van der Waals surface area contributed by atoms with Crippen LogP contribution < -0.4 is 5.32 Å². The van der Waals surface area contributed by atoms with E-state index >= 15 is 0 Å². The summed E-state index contributed by atoms with van der Waals surface area (Å²) >= 11 is 0. The summed E-state index contributed by atoms with van der Waals surface area (Å²) in [6.45, 7) is 4.05. The maximum Gasteiger partial charge on any atom is 0.414 e. The Balaban J connectivity index is 2.21. The Morgan fingerprint density at radius 2 is 2.00 bits per heavy atom. The van der Waals surface area contributed by atoms with E-state index in [2.05, 4.69) is 5.32 Å². The Morgan fingerprint density at radius 1 is 1.29 bits per heavy atom. The lowest BCUT2D eigenvalue weighted by Gasteiger charge is -2.16. The van der Waals surface area contributed by atoms with Gasteiger partial charge in [-0.1, -0.05) is 25.1 Å². The second-order valence-electron chi connectivity index (χ2n) is 4.78. The van der Waals surface area contributed by atoms with Crippen LogP contribution in [0.5, 0.6) is 0 Å². The first-order chi connectivity index (χ1) is 9.93. The molecule has 1 atom stereocenters. The fraction of sp³-hybridized carbons (Fsp3) is 0.467. The number of nitrogens with one attached hydrogen (secondary N) is 1. The number of hydrogen-bond donors (Lipinski definition) is 1. The summed E-state index contributed by atoms with van der Waals surface area (Å²) < 4.78 is 48.0. The molecule has 1 heterocycles. The van der Waals surface area contributed by atoms with Crippen molar-refractivity contribution in [2.24, 2.45) is 0 Å². The largest absolute Gasteiger partial charge is 0.458 e. The van der Waals surface area contributed by atoms with Crippen molar-refractivity contribution in [3.63, 3.8) is 0 Å². The third kappa shape index (κ3) is 3.77. The van der Waals surface area contributed by atoms with Gasteiger partial charge < -0.3 is 14.5 Å². The molecule has 1 unspecified atom stereocenters. The van der Waals surface area contributed by atoms with Gasteiger partial charge in [0.15, 0.2) is 6.10 Å². The number of halogens is 3. The SMILES string of the molecule is CCNCc1c(COC(C)C(F)(F)F)oc2ccccc12. The van der Waals surface area contributed by atoms with Crippen molar-refractivity contribution in [1.82, 2.24) is 5.32 Å². The van der Waals surface area contributed by atoms with Crippen LogP contribution in [-0.4, -0.2) is 18.8 Å². The Kier molecular flexibility index (Phi) is 4.90. The second kappa shape index (κ2) is 6.49. The Bertz CT molecular complexity index is 592. The molecule has 0 amide bonds. The molecule has 3 nitrogen and oxygen atoms in total. The number of furan rings is 1. The van der Waals surface area contributed by atoms with Crippen LogP contribution in [0.3, 0.4) is 0 Å². The summed E-state index contributed by atoms with van der Waals surface area (Å²) in [7, 11) is 0. The molecule has 1 aromatic heterocycles. The molecule has 21 heavy (non-hydrogen) atoms. The molecular formula is C15H18F3NO2. The summed E-state index contributed by atoms with van der Waals surface area (Å²) in [6, 6.07) is 7.38. The van der Waals surface area contributed by atoms with Crippen LogP contribution in [0.25, 0.3) is 11.0 Å². The van der Waals surface area contributed by atoms with Crippen LogP contribution >= 0.6 is 0 Å². The van der Waals surface area contributed by atoms with Gasteiger partial charge in [0.1, 0.15) is 18.0 Å². The molecule has 6 heteroatoms. The lowest BCUT2D eigenvalue weighted by atomic mass is 10.1. The maximum atomic E-state index is 12.5. The number of para-hydroxylation sites is 1. The van der Waals surface area contributed by atoms with Crippen molar-refractivity contribution in [2.45, 2.75) is 39.3 Å². The molecule has 0 spiro atoms. The van der Waals surface area contributed by atoms with Gasteiger partial charge in [-0.3, -0.25) is 0 Å². The van der Waals surface area contributed by atoms with Crippen molar-refractivity contribution >= 4 is 11.0 Å². The Morgan fingerprint density at radius 3 is 2.67 bits per heavy atom. The van der Waals surface area contributed by atoms with E-state index in [4.69, 9.17) is 9.15 Å². The van der Waals surface area contributed by atoms with E-state index in [-0.39, 0.29) is 6.61 Å². The van der Waals surface area contributed by atoms with Crippen LogP contribution in [0.15, 0.2) is 28.7 Å². The van der Waals surface area contributed by atoms with E-state index < -0.39 is 12.3 Å². The summed E-state index contributed by atoms with van der Waals surface area (Å²) in [4.78, 5) is 0. The summed E-state index contributed by atoms with van der Waals surface area (Å²) in [6.07, 6.45) is -6.19. The highest BCUT2D eigenvalue weighted by molar-refractivity contribution is 5.82. The molecule has 2 aromatic rings. The third-order valence-electron chi connectivity index (χ3n) is 3.26. The van der Waals surface area contributed by atoms with Gasteiger partial charge in [0.25, 0.3) is 0 Å². The van der Waals surface area contributed by atoms with Crippen LogP contribution in [-0.2, 0) is 17.9 Å². The first kappa shape index (κ1) is 15.9. The molecule has 116 valence electrons. The average molecular weight is 301 g/mol. The zero-order valence-electron chi connectivity index (χ0n) is 12.0. The molecule has 1 aromatic carbocycles. The second-order valence-corrected chi connectivity index (χ2v) is 4.78. The molecular weight excluding hydrogens is 283 g/mol. The minimum absolute atomic E-state index is 0.198. The quantitative estimate of drug-likeness (QED) is 0.875. The lowest BCUT2D eigenvalue weighted by molar-refractivity contribution is -0.218. The van der Waals surface area contributed by atoms with E-state index in [0.717, 1.165) is 24.4 Å². The van der Waals surface area contributed by atoms with E-state index in [1.165, 1.54) is 0 Å². The topological polar surface area (TPSA) is 34.4 Å². The van der Waals surface area contributed by atoms with Gasteiger partial charge in [0, 0.05) is 17.5 Å². The third-order valence-corrected chi connectivity index (χ3v) is 3.26. The number of alkyl halides is 3. The van der Waals surface area contributed by atoms with E-state index in [1.54, 1.807) is 6.07 Å². The zero-order valence-corrected chi connectivity index (χ0v) is 12.0. The highest BCUT2D eigenvalue weighted by Gasteiger charge is 2.37. The van der Waals surface area contributed by atoms with Gasteiger partial charge in [-0.2, -0.15) is 13.2 Å². The predicted molar refractivity (Wildman–Crippen MR) is 73.9 cm³/mol. The first-order valence-corrected chi connectivity index (χ1v) is 6.81. The van der Waals surface area contributed by atoms with E-state index in [1.807, 2.05) is 25.1 Å². The number of benzene rings is 1. The van der Waals surface area contributed by atoms with Crippen molar-refractivity contribution in [3.8, 4) is 0 Å². The van der Waals surface area contributed by atoms with Gasteiger partial charge in [-0.05, 0) is 19.5 Å². The molecule has 0 radical (unpaired) electrons. The monoisotopic (exact) mass is 301 g/mol. The van der Waals surface area contributed by atoms with Crippen LogP contribution in [0.4, 0.5) is 13.2 Å². The zero-order chi connectivity index (χ0) is 15.5. The molecule has 0 saturated heterocycles. The summed E-state index contributed by atoms with van der Waals surface area (Å²) in [5.41, 5.74) is 1.51. The smallest absolute Gasteiger partial charge is 0.414 e. The van der Waals surface area contributed by atoms with E-state index in [9.17, 15) is 13.2 Å². The summed E-state index contributed by atoms with van der Waals surface area (Å²) in [5.74, 6) is 0.438. The van der Waals surface area contributed by atoms with E-state index in [0.29, 0.717) is 17.9 Å². The molecule has 1 N–H and O–H groups in total. The van der Waals surface area contributed by atoms with Gasteiger partial charge in [-0.15, -0.1) is 0 Å². The minimum Gasteiger partial charge on any atom is -0.458 e. The lowest BCUT2D eigenvalue weighted by Crippen LogP contribution is -2.28. The molecule has 0 aliphatic carbocycles. The first-order valence-electron chi connectivity index (χ1n) is 6.81. The van der Waals surface area contributed by atoms with Crippen LogP contribution in [0.1, 0.15) is 25.2 Å². The number of hydrogen-bond acceptors (Lipinski definition) is 3. The minimum atomic E-state index is -4.37. The van der Waals surface area contributed by atoms with Crippen molar-refractivity contribution in [2.75, 3.05) is 6.54 Å². The highest BCUT2D eigenvalue weighted by atomic mass is 19.4. The average Bonchev–Trinajstić information content (AvgIpc) is 2.79. The fourth-order valence-corrected chi connectivity index (χ4v) is 2.01. The molecule has 0 fully saturated rings. The Labute approximate surface area is 121 Å². The van der Waals surface area contributed by atoms with Gasteiger partial charge in [0.2, 0.25) is 0 Å². The molecule has 2 rings (SSSR count). The molecule has 0 saturated carbocycles. The maximum absolute atomic E-state index is 12.5. The predicted octanol–water partition coefficient (Wildman–Crippen LogP) is 4.01. The molecule has 0 aliphatic rings. The van der Waals surface area contributed by atoms with Crippen LogP contribution in [0.2, 0.25) is 0 Å². The van der Waals surface area contributed by atoms with Crippen LogP contribution in [0, 0.1) is 0 Å². The summed E-state index contributed by atoms with van der Waals surface area (Å²) in [5, 5.41) is 4.06. The van der Waals surface area contributed by atoms with Gasteiger partial charge in [0.05, 0.1) is 0 Å². The number of ether oxygens (including phenoxy) is 1. The Hall–Kier alpha value is -1.53. The van der Waals surface area contributed by atoms with Crippen molar-refractivity contribution in [1.29, 1.82) is 0 Å².